The van der Waals surface area contributed by atoms with Crippen LogP contribution in [0.1, 0.15) is 11.1 Å². The van der Waals surface area contributed by atoms with Crippen LogP contribution in [0.4, 0.5) is 5.69 Å². The van der Waals surface area contributed by atoms with Crippen LogP contribution in [0.25, 0.3) is 0 Å². The summed E-state index contributed by atoms with van der Waals surface area (Å²) in [6.45, 7) is 1.86. The van der Waals surface area contributed by atoms with E-state index in [1.54, 1.807) is 19.1 Å². The predicted molar refractivity (Wildman–Crippen MR) is 53.4 cm³/mol. The van der Waals surface area contributed by atoms with Gasteiger partial charge in [-0.25, -0.2) is 0 Å². The van der Waals surface area contributed by atoms with Crippen LogP contribution in [-0.2, 0) is 6.54 Å². The Morgan fingerprint density at radius 2 is 2.23 bits per heavy atom. The lowest BCUT2D eigenvalue weighted by Crippen LogP contribution is -2.04. The van der Waals surface area contributed by atoms with E-state index < -0.39 is 4.92 Å². The number of rotatable bonds is 2. The fourth-order valence-corrected chi connectivity index (χ4v) is 1.66. The Bertz CT molecular complexity index is 352. The summed E-state index contributed by atoms with van der Waals surface area (Å²) < 4.78 is 0.687. The first kappa shape index (κ1) is 10.1. The quantitative estimate of drug-likeness (QED) is 0.640. The lowest BCUT2D eigenvalue weighted by atomic mass is 10.1. The molecule has 5 heteroatoms. The molecule has 0 aliphatic heterocycles. The molecule has 0 spiro atoms. The Morgan fingerprint density at radius 3 is 2.62 bits per heavy atom. The molecule has 0 amide bonds. The van der Waals surface area contributed by atoms with Crippen LogP contribution in [-0.4, -0.2) is 4.92 Å². The van der Waals surface area contributed by atoms with Gasteiger partial charge in [-0.2, -0.15) is 0 Å². The van der Waals surface area contributed by atoms with Crippen LogP contribution in [0.5, 0.6) is 0 Å². The number of nitro benzene ring substituents is 1. The fraction of sp³-hybridized carbons (Fsp3) is 0.250. The molecule has 0 bridgehead atoms. The van der Waals surface area contributed by atoms with Crippen LogP contribution < -0.4 is 5.73 Å². The van der Waals surface area contributed by atoms with Crippen LogP contribution >= 0.6 is 15.9 Å². The second kappa shape index (κ2) is 3.85. The molecular formula is C8H9BrN2O2. The van der Waals surface area contributed by atoms with Gasteiger partial charge < -0.3 is 5.73 Å². The van der Waals surface area contributed by atoms with Crippen molar-refractivity contribution < 1.29 is 4.92 Å². The Balaban J connectivity index is 3.43. The highest BCUT2D eigenvalue weighted by Crippen LogP contribution is 2.29. The average molecular weight is 245 g/mol. The molecule has 0 aliphatic carbocycles. The van der Waals surface area contributed by atoms with Crippen molar-refractivity contribution in [1.29, 1.82) is 0 Å². The lowest BCUT2D eigenvalue weighted by Gasteiger charge is -2.04. The normalized spacial score (nSPS) is 10.1. The summed E-state index contributed by atoms with van der Waals surface area (Å²) in [4.78, 5) is 10.3. The Hall–Kier alpha value is -0.940. The van der Waals surface area contributed by atoms with Crippen molar-refractivity contribution >= 4 is 21.6 Å². The number of nitro groups is 1. The summed E-state index contributed by atoms with van der Waals surface area (Å²) in [5.41, 5.74) is 6.71. The average Bonchev–Trinajstić information content (AvgIpc) is 2.07. The van der Waals surface area contributed by atoms with Crippen LogP contribution in [0.15, 0.2) is 16.6 Å². The highest BCUT2D eigenvalue weighted by Gasteiger charge is 2.18. The highest BCUT2D eigenvalue weighted by molar-refractivity contribution is 9.10. The molecule has 0 heterocycles. The molecule has 13 heavy (non-hydrogen) atoms. The minimum atomic E-state index is -0.401. The van der Waals surface area contributed by atoms with Crippen molar-refractivity contribution in [3.63, 3.8) is 0 Å². The van der Waals surface area contributed by atoms with Crippen molar-refractivity contribution in [2.45, 2.75) is 13.5 Å². The molecule has 4 nitrogen and oxygen atoms in total. The van der Waals surface area contributed by atoms with Gasteiger partial charge in [-0.1, -0.05) is 22.0 Å². The minimum absolute atomic E-state index is 0.108. The van der Waals surface area contributed by atoms with E-state index in [1.807, 2.05) is 0 Å². The molecule has 70 valence electrons. The molecule has 0 saturated carbocycles. The molecule has 1 aromatic carbocycles. The summed E-state index contributed by atoms with van der Waals surface area (Å²) in [5.74, 6) is 0. The summed E-state index contributed by atoms with van der Waals surface area (Å²) in [6, 6.07) is 3.46. The van der Waals surface area contributed by atoms with Gasteiger partial charge in [-0.15, -0.1) is 0 Å². The molecule has 0 saturated heterocycles. The molecular weight excluding hydrogens is 236 g/mol. The minimum Gasteiger partial charge on any atom is -0.326 e. The first-order valence-corrected chi connectivity index (χ1v) is 4.49. The lowest BCUT2D eigenvalue weighted by molar-refractivity contribution is -0.386. The summed E-state index contributed by atoms with van der Waals surface area (Å²) in [6.07, 6.45) is 0. The molecule has 0 aliphatic rings. The van der Waals surface area contributed by atoms with Crippen LogP contribution in [0, 0.1) is 17.0 Å². The Morgan fingerprint density at radius 1 is 1.62 bits per heavy atom. The third-order valence-electron chi connectivity index (χ3n) is 1.81. The molecule has 1 aromatic rings. The van der Waals surface area contributed by atoms with Crippen LogP contribution in [0.3, 0.4) is 0 Å². The number of aryl methyl sites for hydroxylation is 1. The topological polar surface area (TPSA) is 69.2 Å². The number of halogens is 1. The number of nitrogens with zero attached hydrogens (tertiary/aromatic N) is 1. The van der Waals surface area contributed by atoms with Crippen molar-refractivity contribution in [1.82, 2.24) is 0 Å². The van der Waals surface area contributed by atoms with Crippen molar-refractivity contribution in [2.75, 3.05) is 0 Å². The van der Waals surface area contributed by atoms with Gasteiger partial charge in [0, 0.05) is 16.6 Å². The second-order valence-corrected chi connectivity index (χ2v) is 3.51. The Labute approximate surface area is 84.0 Å². The highest BCUT2D eigenvalue weighted by atomic mass is 79.9. The van der Waals surface area contributed by atoms with Gasteiger partial charge in [0.25, 0.3) is 5.69 Å². The van der Waals surface area contributed by atoms with E-state index in [9.17, 15) is 10.1 Å². The van der Waals surface area contributed by atoms with Crippen molar-refractivity contribution in [2.24, 2.45) is 5.73 Å². The predicted octanol–water partition coefficient (Wildman–Crippen LogP) is 2.12. The molecule has 0 aromatic heterocycles. The van der Waals surface area contributed by atoms with Gasteiger partial charge in [0.1, 0.15) is 0 Å². The molecule has 0 radical (unpaired) electrons. The maximum absolute atomic E-state index is 10.7. The first-order valence-electron chi connectivity index (χ1n) is 3.70. The maximum Gasteiger partial charge on any atom is 0.277 e. The van der Waals surface area contributed by atoms with Crippen molar-refractivity contribution in [3.05, 3.63) is 37.8 Å². The van der Waals surface area contributed by atoms with E-state index in [0.29, 0.717) is 15.6 Å². The zero-order chi connectivity index (χ0) is 10.0. The van der Waals surface area contributed by atoms with E-state index in [0.717, 1.165) is 0 Å². The van der Waals surface area contributed by atoms with Crippen molar-refractivity contribution in [3.8, 4) is 0 Å². The van der Waals surface area contributed by atoms with Crippen LogP contribution in [0.2, 0.25) is 0 Å². The molecule has 2 N–H and O–H groups in total. The summed E-state index contributed by atoms with van der Waals surface area (Å²) in [5, 5.41) is 10.7. The fourth-order valence-electron chi connectivity index (χ4n) is 1.18. The van der Waals surface area contributed by atoms with Gasteiger partial charge in [0.05, 0.1) is 10.5 Å². The smallest absolute Gasteiger partial charge is 0.277 e. The largest absolute Gasteiger partial charge is 0.326 e. The SMILES string of the molecule is Cc1ccc(Br)c(CN)c1[N+](=O)[O-]. The third kappa shape index (κ3) is 1.87. The zero-order valence-electron chi connectivity index (χ0n) is 7.08. The third-order valence-corrected chi connectivity index (χ3v) is 2.56. The summed E-state index contributed by atoms with van der Waals surface area (Å²) >= 11 is 3.23. The number of hydrogen-bond donors (Lipinski definition) is 1. The van der Waals surface area contributed by atoms with E-state index in [1.165, 1.54) is 0 Å². The van der Waals surface area contributed by atoms with E-state index in [4.69, 9.17) is 5.73 Å². The van der Waals surface area contributed by atoms with Gasteiger partial charge >= 0.3 is 0 Å². The molecule has 0 fully saturated rings. The zero-order valence-corrected chi connectivity index (χ0v) is 8.67. The maximum atomic E-state index is 10.7. The van der Waals surface area contributed by atoms with Gasteiger partial charge in [-0.05, 0) is 13.0 Å². The molecule has 0 unspecified atom stereocenters. The number of hydrogen-bond acceptors (Lipinski definition) is 3. The second-order valence-electron chi connectivity index (χ2n) is 2.65. The van der Waals surface area contributed by atoms with E-state index >= 15 is 0 Å². The van der Waals surface area contributed by atoms with E-state index in [-0.39, 0.29) is 12.2 Å². The monoisotopic (exact) mass is 244 g/mol. The molecule has 0 atom stereocenters. The summed E-state index contributed by atoms with van der Waals surface area (Å²) in [7, 11) is 0. The van der Waals surface area contributed by atoms with Gasteiger partial charge in [0.2, 0.25) is 0 Å². The number of benzene rings is 1. The first-order chi connectivity index (χ1) is 6.07. The molecule has 1 rings (SSSR count). The number of nitrogens with two attached hydrogens (primary N) is 1. The van der Waals surface area contributed by atoms with Gasteiger partial charge in [0.15, 0.2) is 0 Å². The van der Waals surface area contributed by atoms with Gasteiger partial charge in [-0.3, -0.25) is 10.1 Å². The Kier molecular flexibility index (Phi) is 3.00. The van der Waals surface area contributed by atoms with E-state index in [2.05, 4.69) is 15.9 Å². The standard InChI is InChI=1S/C8H9BrN2O2/c1-5-2-3-7(9)6(4-10)8(5)11(12)13/h2-3H,4,10H2,1H3.